The largest absolute Gasteiger partial charge is 0.390 e. The summed E-state index contributed by atoms with van der Waals surface area (Å²) >= 11 is 0. The average Bonchev–Trinajstić information content (AvgIpc) is 2.69. The quantitative estimate of drug-likeness (QED) is 0.894. The maximum absolute atomic E-state index is 12.8. The van der Waals surface area contributed by atoms with Crippen LogP contribution in [0.15, 0.2) is 24.3 Å². The number of rotatable bonds is 3. The Morgan fingerprint density at radius 2 is 1.78 bits per heavy atom. The van der Waals surface area contributed by atoms with Crippen molar-refractivity contribution < 1.29 is 14.2 Å². The van der Waals surface area contributed by atoms with E-state index in [0.29, 0.717) is 0 Å². The van der Waals surface area contributed by atoms with E-state index < -0.39 is 5.60 Å². The second kappa shape index (κ2) is 4.63. The number of fused-ring (bicyclic) bond motifs is 2. The maximum atomic E-state index is 12.8. The lowest BCUT2D eigenvalue weighted by atomic mass is 9.85. The molecule has 0 spiro atoms. The topological polar surface area (TPSA) is 29.5 Å². The molecule has 2 bridgehead atoms. The van der Waals surface area contributed by atoms with Crippen LogP contribution in [0.1, 0.15) is 37.7 Å². The van der Waals surface area contributed by atoms with Crippen LogP contribution in [0.25, 0.3) is 0 Å². The fourth-order valence-electron chi connectivity index (χ4n) is 3.24. The first-order valence-corrected chi connectivity index (χ1v) is 6.75. The summed E-state index contributed by atoms with van der Waals surface area (Å²) in [4.78, 5) is 0. The molecule has 0 aliphatic carbocycles. The molecule has 0 saturated carbocycles. The smallest absolute Gasteiger partial charge is 0.123 e. The van der Waals surface area contributed by atoms with Crippen LogP contribution >= 0.6 is 0 Å². The molecule has 1 aromatic rings. The van der Waals surface area contributed by atoms with Gasteiger partial charge in [0.15, 0.2) is 0 Å². The van der Waals surface area contributed by atoms with Gasteiger partial charge in [-0.1, -0.05) is 12.1 Å². The second-order valence-corrected chi connectivity index (χ2v) is 5.72. The molecule has 2 saturated heterocycles. The summed E-state index contributed by atoms with van der Waals surface area (Å²) in [6.07, 6.45) is 5.73. The van der Waals surface area contributed by atoms with Crippen LogP contribution in [0.4, 0.5) is 4.39 Å². The zero-order chi connectivity index (χ0) is 12.6. The van der Waals surface area contributed by atoms with Crippen LogP contribution in [-0.2, 0) is 11.2 Å². The molecule has 0 radical (unpaired) electrons. The normalized spacial score (nSPS) is 34.8. The Morgan fingerprint density at radius 3 is 2.39 bits per heavy atom. The highest BCUT2D eigenvalue weighted by molar-refractivity contribution is 5.16. The standard InChI is InChI=1S/C15H19FO2/c16-12-3-1-11(2-4-12)7-8-15(17)9-13-5-6-14(10-15)18-13/h1-4,13-14,17H,5-10H2. The van der Waals surface area contributed by atoms with Gasteiger partial charge in [-0.3, -0.25) is 0 Å². The van der Waals surface area contributed by atoms with Crippen molar-refractivity contribution in [2.24, 2.45) is 0 Å². The van der Waals surface area contributed by atoms with E-state index in [9.17, 15) is 9.50 Å². The molecule has 2 aliphatic heterocycles. The zero-order valence-electron chi connectivity index (χ0n) is 10.4. The van der Waals surface area contributed by atoms with E-state index in [1.807, 2.05) is 0 Å². The third-order valence-corrected chi connectivity index (χ3v) is 4.20. The fraction of sp³-hybridized carbons (Fsp3) is 0.600. The lowest BCUT2D eigenvalue weighted by Crippen LogP contribution is -2.41. The molecule has 2 fully saturated rings. The molecule has 1 N–H and O–H groups in total. The first-order valence-electron chi connectivity index (χ1n) is 6.75. The lowest BCUT2D eigenvalue weighted by Gasteiger charge is -2.36. The zero-order valence-corrected chi connectivity index (χ0v) is 10.4. The van der Waals surface area contributed by atoms with Crippen molar-refractivity contribution in [3.8, 4) is 0 Å². The summed E-state index contributed by atoms with van der Waals surface area (Å²) in [6.45, 7) is 0. The van der Waals surface area contributed by atoms with Crippen molar-refractivity contribution in [2.75, 3.05) is 0 Å². The van der Waals surface area contributed by atoms with E-state index in [-0.39, 0.29) is 18.0 Å². The first kappa shape index (κ1) is 12.1. The second-order valence-electron chi connectivity index (χ2n) is 5.72. The molecule has 1 aromatic carbocycles. The van der Waals surface area contributed by atoms with Crippen molar-refractivity contribution in [2.45, 2.75) is 56.3 Å². The van der Waals surface area contributed by atoms with Crippen molar-refractivity contribution >= 4 is 0 Å². The van der Waals surface area contributed by atoms with Crippen LogP contribution in [0.3, 0.4) is 0 Å². The third kappa shape index (κ3) is 2.57. The van der Waals surface area contributed by atoms with Gasteiger partial charge in [0.25, 0.3) is 0 Å². The Bertz CT molecular complexity index is 403. The Balaban J connectivity index is 1.60. The van der Waals surface area contributed by atoms with E-state index in [1.54, 1.807) is 12.1 Å². The molecule has 18 heavy (non-hydrogen) atoms. The number of hydrogen-bond donors (Lipinski definition) is 1. The predicted octanol–water partition coefficient (Wildman–Crippen LogP) is 2.83. The third-order valence-electron chi connectivity index (χ3n) is 4.20. The van der Waals surface area contributed by atoms with E-state index in [1.165, 1.54) is 12.1 Å². The van der Waals surface area contributed by atoms with Crippen LogP contribution in [0, 0.1) is 5.82 Å². The monoisotopic (exact) mass is 250 g/mol. The fourth-order valence-corrected chi connectivity index (χ4v) is 3.24. The van der Waals surface area contributed by atoms with Gasteiger partial charge >= 0.3 is 0 Å². The first-order chi connectivity index (χ1) is 8.63. The van der Waals surface area contributed by atoms with Crippen molar-refractivity contribution in [3.05, 3.63) is 35.6 Å². The molecule has 3 heteroatoms. The molecule has 2 aliphatic rings. The van der Waals surface area contributed by atoms with E-state index >= 15 is 0 Å². The SMILES string of the molecule is OC1(CCc2ccc(F)cc2)CC2CCC(C1)O2. The van der Waals surface area contributed by atoms with Crippen molar-refractivity contribution in [1.29, 1.82) is 0 Å². The van der Waals surface area contributed by atoms with E-state index in [0.717, 1.165) is 44.1 Å². The van der Waals surface area contributed by atoms with E-state index in [2.05, 4.69) is 0 Å². The Morgan fingerprint density at radius 1 is 1.17 bits per heavy atom. The van der Waals surface area contributed by atoms with Gasteiger partial charge in [0.2, 0.25) is 0 Å². The molecule has 3 rings (SSSR count). The molecular weight excluding hydrogens is 231 g/mol. The molecule has 0 amide bonds. The van der Waals surface area contributed by atoms with E-state index in [4.69, 9.17) is 4.74 Å². The van der Waals surface area contributed by atoms with Gasteiger partial charge in [-0.2, -0.15) is 0 Å². The highest BCUT2D eigenvalue weighted by Gasteiger charge is 2.43. The van der Waals surface area contributed by atoms with Crippen LogP contribution in [0.2, 0.25) is 0 Å². The number of benzene rings is 1. The highest BCUT2D eigenvalue weighted by atomic mass is 19.1. The summed E-state index contributed by atoms with van der Waals surface area (Å²) in [5, 5.41) is 10.6. The minimum atomic E-state index is -0.585. The number of hydrogen-bond acceptors (Lipinski definition) is 2. The minimum Gasteiger partial charge on any atom is -0.390 e. The molecule has 2 heterocycles. The molecule has 0 aromatic heterocycles. The van der Waals surface area contributed by atoms with Gasteiger partial charge in [-0.25, -0.2) is 4.39 Å². The summed E-state index contributed by atoms with van der Waals surface area (Å²) in [7, 11) is 0. The summed E-state index contributed by atoms with van der Waals surface area (Å²) in [5.41, 5.74) is 0.502. The minimum absolute atomic E-state index is 0.207. The predicted molar refractivity (Wildman–Crippen MR) is 66.8 cm³/mol. The van der Waals surface area contributed by atoms with Gasteiger partial charge in [0.05, 0.1) is 17.8 Å². The van der Waals surface area contributed by atoms with Gasteiger partial charge in [-0.05, 0) is 43.4 Å². The Kier molecular flexibility index (Phi) is 3.12. The van der Waals surface area contributed by atoms with Crippen LogP contribution in [-0.4, -0.2) is 22.9 Å². The lowest BCUT2D eigenvalue weighted by molar-refractivity contribution is -0.114. The number of aliphatic hydroxyl groups is 1. The summed E-state index contributed by atoms with van der Waals surface area (Å²) in [6, 6.07) is 6.55. The molecular formula is C15H19FO2. The van der Waals surface area contributed by atoms with Crippen LogP contribution < -0.4 is 0 Å². The molecule has 2 atom stereocenters. The molecule has 98 valence electrons. The Hall–Kier alpha value is -0.930. The average molecular weight is 250 g/mol. The summed E-state index contributed by atoms with van der Waals surface area (Å²) < 4.78 is 18.6. The van der Waals surface area contributed by atoms with Gasteiger partial charge in [0, 0.05) is 12.8 Å². The number of aryl methyl sites for hydroxylation is 1. The van der Waals surface area contributed by atoms with Crippen molar-refractivity contribution in [1.82, 2.24) is 0 Å². The van der Waals surface area contributed by atoms with Crippen LogP contribution in [0.5, 0.6) is 0 Å². The van der Waals surface area contributed by atoms with Crippen molar-refractivity contribution in [3.63, 3.8) is 0 Å². The van der Waals surface area contributed by atoms with Gasteiger partial charge in [0.1, 0.15) is 5.82 Å². The number of ether oxygens (including phenoxy) is 1. The molecule has 2 unspecified atom stereocenters. The summed E-state index contributed by atoms with van der Waals surface area (Å²) in [5.74, 6) is -0.207. The molecule has 2 nitrogen and oxygen atoms in total. The van der Waals surface area contributed by atoms with Gasteiger partial charge < -0.3 is 9.84 Å². The highest BCUT2D eigenvalue weighted by Crippen LogP contribution is 2.40. The van der Waals surface area contributed by atoms with Gasteiger partial charge in [-0.15, -0.1) is 0 Å². The number of halogens is 1. The maximum Gasteiger partial charge on any atom is 0.123 e. The Labute approximate surface area is 107 Å².